The van der Waals surface area contributed by atoms with Crippen LogP contribution in [0.5, 0.6) is 0 Å². The Morgan fingerprint density at radius 2 is 1.46 bits per heavy atom. The van der Waals surface area contributed by atoms with Crippen LogP contribution in [0.1, 0.15) is 19.8 Å². The average molecular weight is 190 g/mol. The first-order valence-corrected chi connectivity index (χ1v) is 3.49. The fourth-order valence-electron chi connectivity index (χ4n) is 0.662. The van der Waals surface area contributed by atoms with Crippen LogP contribution in [-0.2, 0) is 14.4 Å². The normalized spacial score (nSPS) is 10.8. The summed E-state index contributed by atoms with van der Waals surface area (Å²) in [6.45, 7) is 0.987. The van der Waals surface area contributed by atoms with Crippen molar-refractivity contribution in [3.8, 4) is 0 Å². The van der Waals surface area contributed by atoms with Gasteiger partial charge in [0.25, 0.3) is 0 Å². The molecule has 0 aliphatic heterocycles. The molecule has 0 amide bonds. The summed E-state index contributed by atoms with van der Waals surface area (Å²) in [5.41, 5.74) is -2.02. The Bertz CT molecular complexity index is 229. The van der Waals surface area contributed by atoms with E-state index in [0.29, 0.717) is 0 Å². The van der Waals surface area contributed by atoms with Gasteiger partial charge < -0.3 is 15.3 Å². The molecule has 0 bridgehead atoms. The fraction of sp³-hybridized carbons (Fsp3) is 0.571. The van der Waals surface area contributed by atoms with Crippen LogP contribution >= 0.6 is 0 Å². The van der Waals surface area contributed by atoms with Gasteiger partial charge in [-0.2, -0.15) is 0 Å². The summed E-state index contributed by atoms with van der Waals surface area (Å²) in [5.74, 6) is -4.27. The molecule has 0 saturated carbocycles. The Labute approximate surface area is 73.8 Å². The predicted molar refractivity (Wildman–Crippen MR) is 40.2 cm³/mol. The molecule has 6 nitrogen and oxygen atoms in total. The predicted octanol–water partition coefficient (Wildman–Crippen LogP) is 0.0267. The van der Waals surface area contributed by atoms with Gasteiger partial charge in [0.15, 0.2) is 5.41 Å². The number of carbonyl (C=O) groups is 3. The van der Waals surface area contributed by atoms with Gasteiger partial charge >= 0.3 is 17.9 Å². The summed E-state index contributed by atoms with van der Waals surface area (Å²) >= 11 is 0. The molecule has 6 heteroatoms. The molecular weight excluding hydrogens is 180 g/mol. The van der Waals surface area contributed by atoms with Crippen molar-refractivity contribution in [3.05, 3.63) is 0 Å². The zero-order chi connectivity index (χ0) is 10.6. The molecule has 0 saturated heterocycles. The zero-order valence-corrected chi connectivity index (χ0v) is 6.98. The van der Waals surface area contributed by atoms with Gasteiger partial charge in [0, 0.05) is 6.42 Å². The maximum absolute atomic E-state index is 10.5. The molecule has 13 heavy (non-hydrogen) atoms. The van der Waals surface area contributed by atoms with Crippen molar-refractivity contribution < 1.29 is 29.7 Å². The Morgan fingerprint density at radius 3 is 1.69 bits per heavy atom. The van der Waals surface area contributed by atoms with Crippen molar-refractivity contribution in [2.75, 3.05) is 0 Å². The standard InChI is InChI=1S/C7H10O6/c1-7(5(10)11,6(12)13)3-2-4(8)9/h2-3H2,1H3,(H,8,9)(H,10,11)(H,12,13). The van der Waals surface area contributed by atoms with Crippen molar-refractivity contribution in [1.82, 2.24) is 0 Å². The molecule has 0 aromatic heterocycles. The highest BCUT2D eigenvalue weighted by atomic mass is 16.4. The van der Waals surface area contributed by atoms with Crippen molar-refractivity contribution in [2.45, 2.75) is 19.8 Å². The number of carboxylic acid groups (broad SMARTS) is 3. The van der Waals surface area contributed by atoms with Gasteiger partial charge in [-0.1, -0.05) is 0 Å². The second-order valence-electron chi connectivity index (χ2n) is 2.84. The molecule has 0 unspecified atom stereocenters. The highest BCUT2D eigenvalue weighted by molar-refractivity contribution is 5.97. The maximum Gasteiger partial charge on any atom is 0.320 e. The lowest BCUT2D eigenvalue weighted by Gasteiger charge is -2.17. The van der Waals surface area contributed by atoms with Crippen LogP contribution < -0.4 is 0 Å². The summed E-state index contributed by atoms with van der Waals surface area (Å²) < 4.78 is 0. The number of hydrogen-bond acceptors (Lipinski definition) is 3. The molecule has 0 radical (unpaired) electrons. The molecule has 0 rings (SSSR count). The maximum atomic E-state index is 10.5. The number of hydrogen-bond donors (Lipinski definition) is 3. The first kappa shape index (κ1) is 11.4. The van der Waals surface area contributed by atoms with Crippen LogP contribution in [0.15, 0.2) is 0 Å². The quantitative estimate of drug-likeness (QED) is 0.527. The van der Waals surface area contributed by atoms with Crippen LogP contribution in [0.25, 0.3) is 0 Å². The summed E-state index contributed by atoms with van der Waals surface area (Å²) in [4.78, 5) is 31.1. The molecule has 74 valence electrons. The van der Waals surface area contributed by atoms with Gasteiger partial charge in [-0.3, -0.25) is 14.4 Å². The van der Waals surface area contributed by atoms with E-state index < -0.39 is 36.2 Å². The van der Waals surface area contributed by atoms with Crippen LogP contribution in [0.4, 0.5) is 0 Å². The Morgan fingerprint density at radius 1 is 1.08 bits per heavy atom. The van der Waals surface area contributed by atoms with Crippen molar-refractivity contribution in [3.63, 3.8) is 0 Å². The molecule has 0 aromatic carbocycles. The van der Waals surface area contributed by atoms with E-state index in [1.807, 2.05) is 0 Å². The van der Waals surface area contributed by atoms with Crippen LogP contribution in [-0.4, -0.2) is 33.2 Å². The van der Waals surface area contributed by atoms with Crippen molar-refractivity contribution in [1.29, 1.82) is 0 Å². The van der Waals surface area contributed by atoms with E-state index in [9.17, 15) is 14.4 Å². The van der Waals surface area contributed by atoms with Gasteiger partial charge in [0.05, 0.1) is 0 Å². The summed E-state index contributed by atoms with van der Waals surface area (Å²) in [5, 5.41) is 25.3. The Kier molecular flexibility index (Phi) is 3.41. The lowest BCUT2D eigenvalue weighted by molar-refractivity contribution is -0.164. The lowest BCUT2D eigenvalue weighted by atomic mass is 9.86. The third kappa shape index (κ3) is 2.73. The van der Waals surface area contributed by atoms with E-state index in [1.54, 1.807) is 0 Å². The van der Waals surface area contributed by atoms with E-state index >= 15 is 0 Å². The molecule has 3 N–H and O–H groups in total. The minimum absolute atomic E-state index is 0.424. The molecule has 0 aliphatic rings. The summed E-state index contributed by atoms with van der Waals surface area (Å²) in [6, 6.07) is 0. The van der Waals surface area contributed by atoms with Gasteiger partial charge in [0.1, 0.15) is 0 Å². The zero-order valence-electron chi connectivity index (χ0n) is 6.98. The Balaban J connectivity index is 4.52. The minimum atomic E-state index is -2.02. The van der Waals surface area contributed by atoms with Crippen molar-refractivity contribution >= 4 is 17.9 Å². The first-order chi connectivity index (χ1) is 5.80. The van der Waals surface area contributed by atoms with Gasteiger partial charge in [0.2, 0.25) is 0 Å². The monoisotopic (exact) mass is 190 g/mol. The molecule has 0 aliphatic carbocycles. The topological polar surface area (TPSA) is 112 Å². The summed E-state index contributed by atoms with van der Waals surface area (Å²) in [7, 11) is 0. The van der Waals surface area contributed by atoms with Crippen LogP contribution in [0.3, 0.4) is 0 Å². The van der Waals surface area contributed by atoms with E-state index in [0.717, 1.165) is 6.92 Å². The molecular formula is C7H10O6. The lowest BCUT2D eigenvalue weighted by Crippen LogP contribution is -2.36. The minimum Gasteiger partial charge on any atom is -0.481 e. The average Bonchev–Trinajstić information content (AvgIpc) is 1.99. The van der Waals surface area contributed by atoms with Gasteiger partial charge in [-0.15, -0.1) is 0 Å². The molecule has 0 atom stereocenters. The van der Waals surface area contributed by atoms with Crippen LogP contribution in [0.2, 0.25) is 0 Å². The number of aliphatic carboxylic acids is 3. The first-order valence-electron chi connectivity index (χ1n) is 3.49. The second-order valence-corrected chi connectivity index (χ2v) is 2.84. The smallest absolute Gasteiger partial charge is 0.320 e. The van der Waals surface area contributed by atoms with Gasteiger partial charge in [-0.05, 0) is 13.3 Å². The van der Waals surface area contributed by atoms with E-state index in [2.05, 4.69) is 0 Å². The highest BCUT2D eigenvalue weighted by Gasteiger charge is 2.41. The van der Waals surface area contributed by atoms with E-state index in [-0.39, 0.29) is 0 Å². The molecule has 0 aromatic rings. The second kappa shape index (κ2) is 3.88. The molecule has 0 fully saturated rings. The third-order valence-corrected chi connectivity index (χ3v) is 1.78. The third-order valence-electron chi connectivity index (χ3n) is 1.78. The Hall–Kier alpha value is -1.59. The summed E-state index contributed by atoms with van der Waals surface area (Å²) in [6.07, 6.45) is -0.901. The molecule has 0 heterocycles. The largest absolute Gasteiger partial charge is 0.481 e. The number of rotatable bonds is 5. The van der Waals surface area contributed by atoms with E-state index in [4.69, 9.17) is 15.3 Å². The van der Waals surface area contributed by atoms with Crippen molar-refractivity contribution in [2.24, 2.45) is 5.41 Å². The van der Waals surface area contributed by atoms with Crippen LogP contribution in [0, 0.1) is 5.41 Å². The van der Waals surface area contributed by atoms with Gasteiger partial charge in [-0.25, -0.2) is 0 Å². The SMILES string of the molecule is CC(CCC(=O)O)(C(=O)O)C(=O)O. The van der Waals surface area contributed by atoms with E-state index in [1.165, 1.54) is 0 Å². The molecule has 0 spiro atoms. The number of carboxylic acids is 3. The highest BCUT2D eigenvalue weighted by Crippen LogP contribution is 2.23. The fourth-order valence-corrected chi connectivity index (χ4v) is 0.662.